The summed E-state index contributed by atoms with van der Waals surface area (Å²) in [6.07, 6.45) is 1.55. The number of hydrogen-bond donors (Lipinski definition) is 2. The van der Waals surface area contributed by atoms with Gasteiger partial charge in [-0.2, -0.15) is 9.78 Å². The molecule has 0 aliphatic heterocycles. The van der Waals surface area contributed by atoms with E-state index in [9.17, 15) is 9.59 Å². The number of carbonyl (C=O) groups excluding carboxylic acids is 1. The van der Waals surface area contributed by atoms with Gasteiger partial charge in [-0.1, -0.05) is 19.4 Å². The van der Waals surface area contributed by atoms with Crippen LogP contribution in [0.3, 0.4) is 0 Å². The van der Waals surface area contributed by atoms with Gasteiger partial charge in [0.05, 0.1) is 4.88 Å². The highest BCUT2D eigenvalue weighted by Gasteiger charge is 2.16. The highest BCUT2D eigenvalue weighted by molar-refractivity contribution is 7.13. The number of aromatic amines is 1. The first-order chi connectivity index (χ1) is 12.1. The van der Waals surface area contributed by atoms with E-state index in [1.54, 1.807) is 6.07 Å². The Hall–Kier alpha value is -2.45. The van der Waals surface area contributed by atoms with Gasteiger partial charge in [0.15, 0.2) is 0 Å². The van der Waals surface area contributed by atoms with Crippen molar-refractivity contribution in [1.82, 2.24) is 19.7 Å². The summed E-state index contributed by atoms with van der Waals surface area (Å²) in [4.78, 5) is 31.7. The van der Waals surface area contributed by atoms with Crippen molar-refractivity contribution in [3.8, 4) is 16.5 Å². The van der Waals surface area contributed by atoms with Crippen molar-refractivity contribution in [3.63, 3.8) is 0 Å². The van der Waals surface area contributed by atoms with Crippen LogP contribution in [0.2, 0.25) is 0 Å². The Kier molecular flexibility index (Phi) is 5.30. The molecule has 3 aromatic rings. The standard InChI is InChI=1S/C16H16ClN5O2S/c1-2-4-10-7-14(23)20-16(18-10)22-13(19-15(24)9-17)8-11(21-22)12-5-3-6-25-12/h3,5-8H,2,4,9H2,1H3,(H,19,24)(H,18,20,23). The minimum absolute atomic E-state index is 0.181. The van der Waals surface area contributed by atoms with E-state index in [4.69, 9.17) is 11.6 Å². The third-order valence-corrected chi connectivity index (χ3v) is 4.50. The molecular weight excluding hydrogens is 362 g/mol. The molecule has 0 radical (unpaired) electrons. The normalized spacial score (nSPS) is 10.8. The van der Waals surface area contributed by atoms with Crippen molar-refractivity contribution >= 4 is 34.7 Å². The van der Waals surface area contributed by atoms with Gasteiger partial charge in [0, 0.05) is 17.8 Å². The number of carbonyl (C=O) groups is 1. The van der Waals surface area contributed by atoms with Crippen molar-refractivity contribution in [2.75, 3.05) is 11.2 Å². The number of anilines is 1. The molecule has 3 aromatic heterocycles. The van der Waals surface area contributed by atoms with Crippen molar-refractivity contribution in [1.29, 1.82) is 0 Å². The lowest BCUT2D eigenvalue weighted by Crippen LogP contribution is -2.19. The molecule has 0 atom stereocenters. The second-order valence-electron chi connectivity index (χ2n) is 5.30. The number of amides is 1. The van der Waals surface area contributed by atoms with Crippen LogP contribution in [0.4, 0.5) is 5.82 Å². The SMILES string of the molecule is CCCc1cc(=O)[nH]c(-n2nc(-c3cccs3)cc2NC(=O)CCl)n1. The van der Waals surface area contributed by atoms with Crippen LogP contribution in [0.5, 0.6) is 0 Å². The van der Waals surface area contributed by atoms with E-state index in [2.05, 4.69) is 20.4 Å². The van der Waals surface area contributed by atoms with Crippen LogP contribution in [0.15, 0.2) is 34.4 Å². The van der Waals surface area contributed by atoms with Crippen molar-refractivity contribution < 1.29 is 4.79 Å². The van der Waals surface area contributed by atoms with E-state index >= 15 is 0 Å². The van der Waals surface area contributed by atoms with Crippen LogP contribution in [0.25, 0.3) is 16.5 Å². The van der Waals surface area contributed by atoms with E-state index in [1.807, 2.05) is 24.4 Å². The fourth-order valence-electron chi connectivity index (χ4n) is 2.33. The first-order valence-corrected chi connectivity index (χ1v) is 9.12. The maximum absolute atomic E-state index is 11.9. The lowest BCUT2D eigenvalue weighted by molar-refractivity contribution is -0.114. The van der Waals surface area contributed by atoms with Crippen LogP contribution < -0.4 is 10.9 Å². The second-order valence-corrected chi connectivity index (χ2v) is 6.51. The maximum Gasteiger partial charge on any atom is 0.252 e. The molecule has 130 valence electrons. The average Bonchev–Trinajstić information content (AvgIpc) is 3.23. The summed E-state index contributed by atoms with van der Waals surface area (Å²) < 4.78 is 1.42. The number of halogens is 1. The Morgan fingerprint density at radius 1 is 1.44 bits per heavy atom. The number of alkyl halides is 1. The lowest BCUT2D eigenvalue weighted by Gasteiger charge is -2.08. The molecule has 3 heterocycles. The van der Waals surface area contributed by atoms with Gasteiger partial charge in [0.1, 0.15) is 17.4 Å². The molecule has 0 unspecified atom stereocenters. The Balaban J connectivity index is 2.10. The summed E-state index contributed by atoms with van der Waals surface area (Å²) in [5.41, 5.74) is 1.07. The molecule has 1 amide bonds. The molecule has 0 bridgehead atoms. The number of rotatable bonds is 6. The quantitative estimate of drug-likeness (QED) is 0.646. The van der Waals surface area contributed by atoms with Crippen LogP contribution in [-0.2, 0) is 11.2 Å². The predicted octanol–water partition coefficient (Wildman–Crippen LogP) is 2.81. The van der Waals surface area contributed by atoms with E-state index in [0.29, 0.717) is 23.6 Å². The van der Waals surface area contributed by atoms with E-state index in [-0.39, 0.29) is 23.3 Å². The molecule has 0 saturated heterocycles. The highest BCUT2D eigenvalue weighted by atomic mass is 35.5. The van der Waals surface area contributed by atoms with Gasteiger partial charge in [-0.05, 0) is 17.9 Å². The zero-order valence-electron chi connectivity index (χ0n) is 13.5. The molecule has 0 aromatic carbocycles. The van der Waals surface area contributed by atoms with Crippen LogP contribution in [0.1, 0.15) is 19.0 Å². The number of nitrogens with one attached hydrogen (secondary N) is 2. The number of H-pyrrole nitrogens is 1. The summed E-state index contributed by atoms with van der Waals surface area (Å²) in [5.74, 6) is 0.0985. The van der Waals surface area contributed by atoms with Crippen molar-refractivity contribution in [2.45, 2.75) is 19.8 Å². The molecule has 0 aliphatic rings. The molecule has 0 aliphatic carbocycles. The fraction of sp³-hybridized carbons (Fsp3) is 0.250. The van der Waals surface area contributed by atoms with Gasteiger partial charge in [-0.25, -0.2) is 4.98 Å². The first-order valence-electron chi connectivity index (χ1n) is 7.71. The van der Waals surface area contributed by atoms with Gasteiger partial charge in [-0.3, -0.25) is 14.6 Å². The fourth-order valence-corrected chi connectivity index (χ4v) is 3.08. The number of aromatic nitrogens is 4. The topological polar surface area (TPSA) is 92.7 Å². The first kappa shape index (κ1) is 17.4. The Bertz CT molecular complexity index is 932. The Morgan fingerprint density at radius 3 is 2.96 bits per heavy atom. The van der Waals surface area contributed by atoms with Crippen LogP contribution in [0, 0.1) is 0 Å². The van der Waals surface area contributed by atoms with Gasteiger partial charge >= 0.3 is 0 Å². The summed E-state index contributed by atoms with van der Waals surface area (Å²) >= 11 is 7.11. The van der Waals surface area contributed by atoms with Crippen molar-refractivity contribution in [3.05, 3.63) is 45.7 Å². The largest absolute Gasteiger partial charge is 0.309 e. The third kappa shape index (κ3) is 3.97. The molecule has 25 heavy (non-hydrogen) atoms. The Labute approximate surface area is 152 Å². The van der Waals surface area contributed by atoms with Gasteiger partial charge in [0.2, 0.25) is 11.9 Å². The van der Waals surface area contributed by atoms with E-state index < -0.39 is 0 Å². The summed E-state index contributed by atoms with van der Waals surface area (Å²) in [7, 11) is 0. The molecular formula is C16H16ClN5O2S. The summed E-state index contributed by atoms with van der Waals surface area (Å²) in [6.45, 7) is 2.01. The van der Waals surface area contributed by atoms with Crippen molar-refractivity contribution in [2.24, 2.45) is 0 Å². The second kappa shape index (κ2) is 7.62. The third-order valence-electron chi connectivity index (χ3n) is 3.36. The summed E-state index contributed by atoms with van der Waals surface area (Å²) in [6, 6.07) is 7.03. The van der Waals surface area contributed by atoms with E-state index in [0.717, 1.165) is 11.3 Å². The monoisotopic (exact) mass is 377 g/mol. The number of thiophene rings is 1. The number of aryl methyl sites for hydroxylation is 1. The summed E-state index contributed by atoms with van der Waals surface area (Å²) in [5, 5.41) is 9.11. The lowest BCUT2D eigenvalue weighted by atomic mass is 10.2. The van der Waals surface area contributed by atoms with Gasteiger partial charge in [0.25, 0.3) is 5.56 Å². The van der Waals surface area contributed by atoms with Crippen LogP contribution >= 0.6 is 22.9 Å². The zero-order chi connectivity index (χ0) is 17.8. The minimum atomic E-state index is -0.368. The smallest absolute Gasteiger partial charge is 0.252 e. The van der Waals surface area contributed by atoms with Gasteiger partial charge in [-0.15, -0.1) is 22.9 Å². The maximum atomic E-state index is 11.9. The predicted molar refractivity (Wildman–Crippen MR) is 98.6 cm³/mol. The molecule has 0 spiro atoms. The van der Waals surface area contributed by atoms with Crippen LogP contribution in [-0.4, -0.2) is 31.5 Å². The molecule has 0 fully saturated rings. The number of nitrogens with zero attached hydrogens (tertiary/aromatic N) is 3. The zero-order valence-corrected chi connectivity index (χ0v) is 15.0. The molecule has 7 nitrogen and oxygen atoms in total. The molecule has 3 rings (SSSR count). The highest BCUT2D eigenvalue weighted by Crippen LogP contribution is 2.27. The Morgan fingerprint density at radius 2 is 2.28 bits per heavy atom. The molecule has 2 N–H and O–H groups in total. The molecule has 0 saturated carbocycles. The van der Waals surface area contributed by atoms with E-state index in [1.165, 1.54) is 22.1 Å². The van der Waals surface area contributed by atoms with Gasteiger partial charge < -0.3 is 5.32 Å². The minimum Gasteiger partial charge on any atom is -0.309 e. The average molecular weight is 378 g/mol. The molecule has 9 heteroatoms. The number of hydrogen-bond acceptors (Lipinski definition) is 5.